The fraction of sp³-hybridized carbons (Fsp3) is 0.442. The Morgan fingerprint density at radius 1 is 1.00 bits per heavy atom. The number of amides is 1. The van der Waals surface area contributed by atoms with Crippen molar-refractivity contribution < 1.29 is 23.2 Å². The first kappa shape index (κ1) is 39.4. The number of nitrogens with zero attached hydrogens (tertiary/aromatic N) is 4. The summed E-state index contributed by atoms with van der Waals surface area (Å²) in [6.45, 7) is 13.0. The van der Waals surface area contributed by atoms with Crippen LogP contribution >= 0.6 is 0 Å². The quantitative estimate of drug-likeness (QED) is 0.119. The Balaban J connectivity index is 1.19. The zero-order valence-electron chi connectivity index (χ0n) is 32.2. The predicted octanol–water partition coefficient (Wildman–Crippen LogP) is 7.33. The number of unbranched alkanes of at least 4 members (excludes halogenated alkanes) is 1. The molecule has 288 valence electrons. The van der Waals surface area contributed by atoms with Crippen molar-refractivity contribution in [2.75, 3.05) is 69.9 Å². The molecule has 0 saturated carbocycles. The van der Waals surface area contributed by atoms with E-state index in [2.05, 4.69) is 71.3 Å². The average molecular weight is 754 g/mol. The van der Waals surface area contributed by atoms with E-state index in [0.717, 1.165) is 110 Å². The standard InChI is InChI=1S/C43H55N5O5S/c1-5-7-22-51-24-25-53-38-15-10-33(11-16-38)34-12-19-41-36(26-34)27-35(9-8-20-48(41)29-39-28-46(4)21-23-52-39)43(49)45-37-13-17-40(18-14-37)54(50)30-42-32(3)44-31-47(42)6-2/h10-19,26-27,31,39H,5-9,20-25,28-30H2,1-4H3,(H,45,49)/b35-27+. The highest BCUT2D eigenvalue weighted by molar-refractivity contribution is 7.84. The normalized spacial score (nSPS) is 17.9. The number of anilines is 2. The zero-order valence-corrected chi connectivity index (χ0v) is 33.0. The SMILES string of the molecule is CCCCOCCOc1ccc(-c2ccc3c(c2)/C=C(/C(=O)Nc2ccc(S(=O)Cc4c(C)ncn4CC)cc2)CCCN3CC2CN(C)CCO2)cc1. The molecule has 0 aliphatic carbocycles. The van der Waals surface area contributed by atoms with Crippen LogP contribution in [0.15, 0.2) is 83.5 Å². The van der Waals surface area contributed by atoms with Gasteiger partial charge in [0.1, 0.15) is 12.4 Å². The van der Waals surface area contributed by atoms with Gasteiger partial charge in [-0.05, 0) is 111 Å². The third-order valence-corrected chi connectivity index (χ3v) is 11.4. The van der Waals surface area contributed by atoms with E-state index in [-0.39, 0.29) is 12.0 Å². The highest BCUT2D eigenvalue weighted by Gasteiger charge is 2.24. The number of hydrogen-bond acceptors (Lipinski definition) is 8. The minimum Gasteiger partial charge on any atom is -0.491 e. The second kappa shape index (κ2) is 19.3. The second-order valence-electron chi connectivity index (χ2n) is 14.1. The van der Waals surface area contributed by atoms with E-state index in [0.29, 0.717) is 36.0 Å². The summed E-state index contributed by atoms with van der Waals surface area (Å²) in [4.78, 5) is 23.7. The van der Waals surface area contributed by atoms with E-state index in [9.17, 15) is 9.00 Å². The lowest BCUT2D eigenvalue weighted by Crippen LogP contribution is -2.46. The van der Waals surface area contributed by atoms with E-state index in [4.69, 9.17) is 14.2 Å². The summed E-state index contributed by atoms with van der Waals surface area (Å²) >= 11 is 0. The minimum atomic E-state index is -1.23. The predicted molar refractivity (Wildman–Crippen MR) is 218 cm³/mol. The van der Waals surface area contributed by atoms with Crippen LogP contribution in [0.5, 0.6) is 5.75 Å². The van der Waals surface area contributed by atoms with Crippen molar-refractivity contribution in [1.29, 1.82) is 0 Å². The molecular formula is C43H55N5O5S. The molecule has 0 radical (unpaired) electrons. The second-order valence-corrected chi connectivity index (χ2v) is 15.6. The summed E-state index contributed by atoms with van der Waals surface area (Å²) in [6.07, 6.45) is 7.61. The lowest BCUT2D eigenvalue weighted by molar-refractivity contribution is -0.112. The van der Waals surface area contributed by atoms with Crippen LogP contribution in [0, 0.1) is 6.92 Å². The van der Waals surface area contributed by atoms with Gasteiger partial charge in [0.2, 0.25) is 0 Å². The highest BCUT2D eigenvalue weighted by atomic mass is 32.2. The Morgan fingerprint density at radius 3 is 2.56 bits per heavy atom. The van der Waals surface area contributed by atoms with Gasteiger partial charge in [0.25, 0.3) is 5.91 Å². The molecule has 0 bridgehead atoms. The van der Waals surface area contributed by atoms with Gasteiger partial charge >= 0.3 is 0 Å². The van der Waals surface area contributed by atoms with Gasteiger partial charge in [-0.25, -0.2) is 4.98 Å². The lowest BCUT2D eigenvalue weighted by atomic mass is 9.96. The number of ether oxygens (including phenoxy) is 3. The van der Waals surface area contributed by atoms with Crippen LogP contribution in [0.2, 0.25) is 0 Å². The first-order valence-electron chi connectivity index (χ1n) is 19.3. The lowest BCUT2D eigenvalue weighted by Gasteiger charge is -2.36. The number of morpholine rings is 1. The van der Waals surface area contributed by atoms with Crippen LogP contribution in [0.3, 0.4) is 0 Å². The van der Waals surface area contributed by atoms with Crippen molar-refractivity contribution in [2.24, 2.45) is 0 Å². The molecule has 1 amide bonds. The number of imidazole rings is 1. The number of carbonyl (C=O) groups excluding carboxylic acids is 1. The van der Waals surface area contributed by atoms with E-state index in [1.54, 1.807) is 6.33 Å². The number of aromatic nitrogens is 2. The van der Waals surface area contributed by atoms with Gasteiger partial charge in [-0.15, -0.1) is 0 Å². The molecule has 10 nitrogen and oxygen atoms in total. The molecule has 1 saturated heterocycles. The van der Waals surface area contributed by atoms with Crippen molar-refractivity contribution in [1.82, 2.24) is 14.5 Å². The topological polar surface area (TPSA) is 98.2 Å². The van der Waals surface area contributed by atoms with Gasteiger partial charge in [0, 0.05) is 61.2 Å². The number of aryl methyl sites for hydroxylation is 2. The van der Waals surface area contributed by atoms with Crippen molar-refractivity contribution in [3.63, 3.8) is 0 Å². The Morgan fingerprint density at radius 2 is 1.80 bits per heavy atom. The Labute approximate surface area is 323 Å². The first-order valence-corrected chi connectivity index (χ1v) is 20.6. The third-order valence-electron chi connectivity index (χ3n) is 10.1. The van der Waals surface area contributed by atoms with Gasteiger partial charge in [-0.3, -0.25) is 9.00 Å². The van der Waals surface area contributed by atoms with Crippen LogP contribution in [-0.4, -0.2) is 90.3 Å². The fourth-order valence-electron chi connectivity index (χ4n) is 6.96. The smallest absolute Gasteiger partial charge is 0.251 e. The third kappa shape index (κ3) is 10.5. The number of fused-ring (bicyclic) bond motifs is 1. The number of nitrogens with one attached hydrogen (secondary N) is 1. The van der Waals surface area contributed by atoms with Crippen LogP contribution < -0.4 is 15.0 Å². The molecule has 3 heterocycles. The van der Waals surface area contributed by atoms with E-state index < -0.39 is 10.8 Å². The van der Waals surface area contributed by atoms with Gasteiger partial charge in [-0.1, -0.05) is 31.5 Å². The molecule has 11 heteroatoms. The van der Waals surface area contributed by atoms with Crippen molar-refractivity contribution in [3.05, 3.63) is 95.6 Å². The molecule has 6 rings (SSSR count). The minimum absolute atomic E-state index is 0.113. The molecule has 1 fully saturated rings. The van der Waals surface area contributed by atoms with Gasteiger partial charge in [0.05, 0.1) is 53.6 Å². The molecule has 4 aromatic rings. The van der Waals surface area contributed by atoms with E-state index in [1.165, 1.54) is 0 Å². The summed E-state index contributed by atoms with van der Waals surface area (Å²) in [6, 6.07) is 22.0. The number of rotatable bonds is 16. The van der Waals surface area contributed by atoms with Crippen LogP contribution in [0.25, 0.3) is 17.2 Å². The first-order chi connectivity index (χ1) is 26.3. The summed E-state index contributed by atoms with van der Waals surface area (Å²) < 4.78 is 33.0. The maximum atomic E-state index is 13.9. The van der Waals surface area contributed by atoms with Crippen LogP contribution in [0.4, 0.5) is 11.4 Å². The Bertz CT molecular complexity index is 1890. The average Bonchev–Trinajstić information content (AvgIpc) is 3.53. The Kier molecular flexibility index (Phi) is 14.1. The molecule has 1 N–H and O–H groups in total. The molecule has 3 aromatic carbocycles. The summed E-state index contributed by atoms with van der Waals surface area (Å²) in [5.41, 5.74) is 7.50. The molecule has 1 aromatic heterocycles. The van der Waals surface area contributed by atoms with E-state index in [1.807, 2.05) is 54.0 Å². The maximum absolute atomic E-state index is 13.9. The largest absolute Gasteiger partial charge is 0.491 e. The molecule has 54 heavy (non-hydrogen) atoms. The molecular weight excluding hydrogens is 699 g/mol. The van der Waals surface area contributed by atoms with Gasteiger partial charge in [-0.2, -0.15) is 0 Å². The summed E-state index contributed by atoms with van der Waals surface area (Å²) in [7, 11) is 0.911. The van der Waals surface area contributed by atoms with E-state index >= 15 is 0 Å². The highest BCUT2D eigenvalue weighted by Crippen LogP contribution is 2.33. The summed E-state index contributed by atoms with van der Waals surface area (Å²) in [5, 5.41) is 3.11. The maximum Gasteiger partial charge on any atom is 0.251 e. The Hall–Kier alpha value is -4.29. The number of likely N-dealkylation sites (N-methyl/N-ethyl adjacent to an activating group) is 1. The number of carbonyl (C=O) groups is 1. The van der Waals surface area contributed by atoms with Gasteiger partial charge < -0.3 is 33.9 Å². The molecule has 2 atom stereocenters. The zero-order chi connectivity index (χ0) is 37.9. The molecule has 0 spiro atoms. The fourth-order valence-corrected chi connectivity index (χ4v) is 8.19. The summed E-state index contributed by atoms with van der Waals surface area (Å²) in [5.74, 6) is 1.07. The van der Waals surface area contributed by atoms with Crippen molar-refractivity contribution in [2.45, 2.75) is 69.8 Å². The number of hydrogen-bond donors (Lipinski definition) is 1. The van der Waals surface area contributed by atoms with Crippen molar-refractivity contribution >= 4 is 34.2 Å². The van der Waals surface area contributed by atoms with Gasteiger partial charge in [0.15, 0.2) is 0 Å². The number of benzene rings is 3. The molecule has 2 aliphatic rings. The monoisotopic (exact) mass is 753 g/mol. The van der Waals surface area contributed by atoms with Crippen LogP contribution in [0.1, 0.15) is 56.5 Å². The molecule has 2 aliphatic heterocycles. The molecule has 2 unspecified atom stereocenters. The van der Waals surface area contributed by atoms with Crippen LogP contribution in [-0.2, 0) is 37.4 Å². The van der Waals surface area contributed by atoms with Crippen molar-refractivity contribution in [3.8, 4) is 16.9 Å².